The fraction of sp³-hybridized carbons (Fsp3) is 0.500. The van der Waals surface area contributed by atoms with Crippen LogP contribution in [0.1, 0.15) is 37.2 Å². The summed E-state index contributed by atoms with van der Waals surface area (Å²) in [5.74, 6) is 0.367. The molecule has 1 aliphatic heterocycles. The van der Waals surface area contributed by atoms with Gasteiger partial charge in [0.1, 0.15) is 11.8 Å². The summed E-state index contributed by atoms with van der Waals surface area (Å²) in [6.07, 6.45) is 3.34. The summed E-state index contributed by atoms with van der Waals surface area (Å²) in [6.45, 7) is 0.735. The van der Waals surface area contributed by atoms with E-state index in [1.807, 2.05) is 18.2 Å². The minimum absolute atomic E-state index is 0. The summed E-state index contributed by atoms with van der Waals surface area (Å²) < 4.78 is 5.69. The van der Waals surface area contributed by atoms with Crippen molar-refractivity contribution in [2.24, 2.45) is 5.73 Å². The first-order chi connectivity index (χ1) is 8.68. The van der Waals surface area contributed by atoms with Crippen LogP contribution in [0, 0.1) is 0 Å². The second-order valence-electron chi connectivity index (χ2n) is 4.75. The summed E-state index contributed by atoms with van der Waals surface area (Å²) in [6, 6.07) is 7.24. The Balaban J connectivity index is 0.00000180. The quantitative estimate of drug-likeness (QED) is 0.892. The highest BCUT2D eigenvalue weighted by Gasteiger charge is 2.21. The van der Waals surface area contributed by atoms with Gasteiger partial charge in [0, 0.05) is 0 Å². The highest BCUT2D eigenvalue weighted by molar-refractivity contribution is 5.85. The lowest BCUT2D eigenvalue weighted by Crippen LogP contribution is -2.30. The number of rotatable bonds is 4. The largest absolute Gasteiger partial charge is 0.493 e. The fourth-order valence-corrected chi connectivity index (χ4v) is 2.42. The van der Waals surface area contributed by atoms with E-state index in [1.165, 1.54) is 5.56 Å². The molecule has 2 unspecified atom stereocenters. The van der Waals surface area contributed by atoms with E-state index in [1.54, 1.807) is 0 Å². The molecule has 0 fully saturated rings. The number of halogens is 1. The standard InChI is InChI=1S/C14H19NO3.ClH/c15-12(14(16)17)8-7-10-4-3-9-18-13-6-2-1-5-11(10)13;/h1-2,5-6,10,12H,3-4,7-9,15H2,(H,16,17);1H. The molecule has 1 aromatic carbocycles. The minimum atomic E-state index is -0.923. The molecule has 1 heterocycles. The van der Waals surface area contributed by atoms with Crippen molar-refractivity contribution in [1.82, 2.24) is 0 Å². The molecule has 0 saturated heterocycles. The summed E-state index contributed by atoms with van der Waals surface area (Å²) >= 11 is 0. The Bertz CT molecular complexity index is 425. The number of hydrogen-bond acceptors (Lipinski definition) is 3. The molecule has 1 aliphatic rings. The van der Waals surface area contributed by atoms with Crippen molar-refractivity contribution in [3.05, 3.63) is 29.8 Å². The summed E-state index contributed by atoms with van der Waals surface area (Å²) in [5, 5.41) is 8.81. The highest BCUT2D eigenvalue weighted by atomic mass is 35.5. The van der Waals surface area contributed by atoms with Gasteiger partial charge >= 0.3 is 5.97 Å². The second kappa shape index (κ2) is 7.36. The summed E-state index contributed by atoms with van der Waals surface area (Å²) in [4.78, 5) is 10.7. The van der Waals surface area contributed by atoms with Crippen LogP contribution in [0.25, 0.3) is 0 Å². The van der Waals surface area contributed by atoms with Gasteiger partial charge in [0.25, 0.3) is 0 Å². The van der Waals surface area contributed by atoms with Gasteiger partial charge in [0.05, 0.1) is 6.61 Å². The Morgan fingerprint density at radius 3 is 2.95 bits per heavy atom. The number of hydrogen-bond donors (Lipinski definition) is 2. The average molecular weight is 286 g/mol. The third-order valence-corrected chi connectivity index (χ3v) is 3.46. The SMILES string of the molecule is Cl.NC(CCC1CCCOc2ccccc21)C(=O)O. The Morgan fingerprint density at radius 2 is 2.21 bits per heavy atom. The lowest BCUT2D eigenvalue weighted by molar-refractivity contribution is -0.138. The van der Waals surface area contributed by atoms with Crippen molar-refractivity contribution in [1.29, 1.82) is 0 Å². The minimum Gasteiger partial charge on any atom is -0.493 e. The number of carboxylic acid groups (broad SMARTS) is 1. The highest BCUT2D eigenvalue weighted by Crippen LogP contribution is 2.35. The molecular formula is C14H20ClNO3. The Kier molecular flexibility index (Phi) is 6.12. The van der Waals surface area contributed by atoms with E-state index in [9.17, 15) is 4.79 Å². The molecule has 1 aromatic rings. The van der Waals surface area contributed by atoms with Gasteiger partial charge in [0.2, 0.25) is 0 Å². The Morgan fingerprint density at radius 1 is 1.47 bits per heavy atom. The van der Waals surface area contributed by atoms with Crippen molar-refractivity contribution in [3.8, 4) is 5.75 Å². The predicted molar refractivity (Wildman–Crippen MR) is 76.0 cm³/mol. The molecule has 0 saturated carbocycles. The number of ether oxygens (including phenoxy) is 1. The zero-order valence-electron chi connectivity index (χ0n) is 10.7. The molecule has 0 spiro atoms. The van der Waals surface area contributed by atoms with Crippen molar-refractivity contribution in [2.45, 2.75) is 37.6 Å². The van der Waals surface area contributed by atoms with Crippen LogP contribution in [0.4, 0.5) is 0 Å². The molecule has 0 radical (unpaired) electrons. The van der Waals surface area contributed by atoms with E-state index in [0.717, 1.165) is 31.6 Å². The van der Waals surface area contributed by atoms with Gasteiger partial charge in [-0.3, -0.25) is 4.79 Å². The zero-order chi connectivity index (χ0) is 13.0. The van der Waals surface area contributed by atoms with Crippen molar-refractivity contribution in [3.63, 3.8) is 0 Å². The number of benzene rings is 1. The lowest BCUT2D eigenvalue weighted by atomic mass is 9.89. The molecule has 0 bridgehead atoms. The number of carbonyl (C=O) groups is 1. The number of aliphatic carboxylic acids is 1. The van der Waals surface area contributed by atoms with E-state index in [2.05, 4.69) is 6.07 Å². The number of nitrogens with two attached hydrogens (primary N) is 1. The van der Waals surface area contributed by atoms with Crippen LogP contribution in [0.3, 0.4) is 0 Å². The summed E-state index contributed by atoms with van der Waals surface area (Å²) in [5.41, 5.74) is 6.75. The molecular weight excluding hydrogens is 266 g/mol. The molecule has 106 valence electrons. The van der Waals surface area contributed by atoms with Crippen molar-refractivity contribution >= 4 is 18.4 Å². The molecule has 5 heteroatoms. The van der Waals surface area contributed by atoms with E-state index in [0.29, 0.717) is 12.3 Å². The molecule has 2 rings (SSSR count). The Hall–Kier alpha value is -1.26. The molecule has 0 aromatic heterocycles. The van der Waals surface area contributed by atoms with Crippen LogP contribution in [0.2, 0.25) is 0 Å². The maximum atomic E-state index is 10.7. The van der Waals surface area contributed by atoms with Gasteiger partial charge in [-0.25, -0.2) is 0 Å². The first-order valence-electron chi connectivity index (χ1n) is 6.38. The molecule has 4 nitrogen and oxygen atoms in total. The summed E-state index contributed by atoms with van der Waals surface area (Å²) in [7, 11) is 0. The average Bonchev–Trinajstić information content (AvgIpc) is 2.58. The van der Waals surface area contributed by atoms with Crippen LogP contribution in [-0.2, 0) is 4.79 Å². The van der Waals surface area contributed by atoms with Gasteiger partial charge in [-0.1, -0.05) is 18.2 Å². The normalized spacial score (nSPS) is 19.3. The molecule has 2 atom stereocenters. The third kappa shape index (κ3) is 4.11. The van der Waals surface area contributed by atoms with Gasteiger partial charge < -0.3 is 15.6 Å². The van der Waals surface area contributed by atoms with Crippen LogP contribution < -0.4 is 10.5 Å². The molecule has 0 aliphatic carbocycles. The maximum Gasteiger partial charge on any atom is 0.320 e. The predicted octanol–water partition coefficient (Wildman–Crippen LogP) is 2.56. The van der Waals surface area contributed by atoms with E-state index in [-0.39, 0.29) is 12.4 Å². The second-order valence-corrected chi connectivity index (χ2v) is 4.75. The van der Waals surface area contributed by atoms with Gasteiger partial charge in [-0.05, 0) is 43.2 Å². The topological polar surface area (TPSA) is 72.5 Å². The monoisotopic (exact) mass is 285 g/mol. The maximum absolute atomic E-state index is 10.7. The third-order valence-electron chi connectivity index (χ3n) is 3.46. The number of fused-ring (bicyclic) bond motifs is 1. The zero-order valence-corrected chi connectivity index (χ0v) is 11.6. The van der Waals surface area contributed by atoms with Crippen LogP contribution in [0.5, 0.6) is 5.75 Å². The fourth-order valence-electron chi connectivity index (χ4n) is 2.42. The Labute approximate surface area is 119 Å². The molecule has 19 heavy (non-hydrogen) atoms. The first-order valence-corrected chi connectivity index (χ1v) is 6.38. The van der Waals surface area contributed by atoms with Crippen LogP contribution in [0.15, 0.2) is 24.3 Å². The van der Waals surface area contributed by atoms with Crippen molar-refractivity contribution in [2.75, 3.05) is 6.61 Å². The van der Waals surface area contributed by atoms with Crippen LogP contribution in [-0.4, -0.2) is 23.7 Å². The smallest absolute Gasteiger partial charge is 0.320 e. The van der Waals surface area contributed by atoms with Crippen molar-refractivity contribution < 1.29 is 14.6 Å². The first kappa shape index (κ1) is 15.8. The van der Waals surface area contributed by atoms with Gasteiger partial charge in [-0.2, -0.15) is 0 Å². The molecule has 3 N–H and O–H groups in total. The van der Waals surface area contributed by atoms with Gasteiger partial charge in [0.15, 0.2) is 0 Å². The van der Waals surface area contributed by atoms with Crippen LogP contribution >= 0.6 is 12.4 Å². The lowest BCUT2D eigenvalue weighted by Gasteiger charge is -2.17. The molecule has 0 amide bonds. The van der Waals surface area contributed by atoms with E-state index in [4.69, 9.17) is 15.6 Å². The van der Waals surface area contributed by atoms with Gasteiger partial charge in [-0.15, -0.1) is 12.4 Å². The number of carboxylic acids is 1. The number of para-hydroxylation sites is 1. The van der Waals surface area contributed by atoms with E-state index >= 15 is 0 Å². The van der Waals surface area contributed by atoms with E-state index < -0.39 is 12.0 Å².